The van der Waals surface area contributed by atoms with E-state index in [1.54, 1.807) is 19.2 Å². The maximum absolute atomic E-state index is 11.0. The number of halogens is 2. The molecule has 2 rings (SSSR count). The van der Waals surface area contributed by atoms with Crippen molar-refractivity contribution in [3.05, 3.63) is 56.8 Å². The van der Waals surface area contributed by atoms with Gasteiger partial charge in [0.15, 0.2) is 0 Å². The molecule has 0 atom stereocenters. The third-order valence-electron chi connectivity index (χ3n) is 2.83. The molecule has 2 aromatic rings. The molecule has 0 unspecified atom stereocenters. The number of carbonyl (C=O) groups is 1. The smallest absolute Gasteiger partial charge is 0.337 e. The molecule has 18 heavy (non-hydrogen) atoms. The van der Waals surface area contributed by atoms with E-state index >= 15 is 0 Å². The van der Waals surface area contributed by atoms with Crippen LogP contribution in [-0.4, -0.2) is 15.6 Å². The van der Waals surface area contributed by atoms with Crippen LogP contribution in [-0.2, 0) is 6.54 Å². The Labute approximate surface area is 118 Å². The molecule has 0 saturated carbocycles. The fourth-order valence-electron chi connectivity index (χ4n) is 1.78. The van der Waals surface area contributed by atoms with Gasteiger partial charge in [-0.3, -0.25) is 0 Å². The standard InChI is InChI=1S/C13H11BrClNO2/c1-8-11(13(17)18)4-5-16(8)7-9-2-3-10(14)6-12(9)15/h2-6H,7H2,1H3,(H,17,18). The van der Waals surface area contributed by atoms with Gasteiger partial charge >= 0.3 is 5.97 Å². The van der Waals surface area contributed by atoms with Gasteiger partial charge < -0.3 is 9.67 Å². The van der Waals surface area contributed by atoms with Crippen molar-refractivity contribution in [1.82, 2.24) is 4.57 Å². The Kier molecular flexibility index (Phi) is 3.78. The van der Waals surface area contributed by atoms with E-state index in [9.17, 15) is 4.79 Å². The molecule has 0 spiro atoms. The lowest BCUT2D eigenvalue weighted by Crippen LogP contribution is -2.04. The largest absolute Gasteiger partial charge is 0.478 e. The number of hydrogen-bond donors (Lipinski definition) is 1. The molecule has 0 aliphatic rings. The molecule has 1 N–H and O–H groups in total. The van der Waals surface area contributed by atoms with Crippen LogP contribution in [0.1, 0.15) is 21.6 Å². The zero-order valence-electron chi connectivity index (χ0n) is 9.65. The summed E-state index contributed by atoms with van der Waals surface area (Å²) in [5, 5.41) is 9.65. The van der Waals surface area contributed by atoms with E-state index in [4.69, 9.17) is 16.7 Å². The van der Waals surface area contributed by atoms with E-state index < -0.39 is 5.97 Å². The number of nitrogens with zero attached hydrogens (tertiary/aromatic N) is 1. The minimum atomic E-state index is -0.909. The lowest BCUT2D eigenvalue weighted by molar-refractivity contribution is 0.0696. The lowest BCUT2D eigenvalue weighted by Gasteiger charge is -2.09. The second kappa shape index (κ2) is 5.16. The monoisotopic (exact) mass is 327 g/mol. The summed E-state index contributed by atoms with van der Waals surface area (Å²) in [6.45, 7) is 2.35. The molecule has 1 aromatic carbocycles. The molecule has 0 amide bonds. The average Bonchev–Trinajstić information content (AvgIpc) is 2.64. The number of benzene rings is 1. The predicted octanol–water partition coefficient (Wildman–Crippen LogP) is 3.96. The maximum Gasteiger partial charge on any atom is 0.337 e. The van der Waals surface area contributed by atoms with Gasteiger partial charge in [0, 0.05) is 27.9 Å². The van der Waals surface area contributed by atoms with Crippen LogP contribution in [0, 0.1) is 6.92 Å². The quantitative estimate of drug-likeness (QED) is 0.926. The van der Waals surface area contributed by atoms with Crippen molar-refractivity contribution < 1.29 is 9.90 Å². The highest BCUT2D eigenvalue weighted by atomic mass is 79.9. The molecule has 94 valence electrons. The summed E-state index contributed by atoms with van der Waals surface area (Å²) in [6.07, 6.45) is 1.76. The molecule has 5 heteroatoms. The van der Waals surface area contributed by atoms with Crippen molar-refractivity contribution in [3.63, 3.8) is 0 Å². The summed E-state index contributed by atoms with van der Waals surface area (Å²) in [4.78, 5) is 11.0. The van der Waals surface area contributed by atoms with Crippen molar-refractivity contribution in [2.45, 2.75) is 13.5 Å². The second-order valence-electron chi connectivity index (χ2n) is 3.98. The first-order valence-electron chi connectivity index (χ1n) is 5.32. The maximum atomic E-state index is 11.0. The number of aromatic carboxylic acids is 1. The number of carboxylic acid groups (broad SMARTS) is 1. The third kappa shape index (κ3) is 2.60. The van der Waals surface area contributed by atoms with Gasteiger partial charge in [0.25, 0.3) is 0 Å². The Bertz CT molecular complexity index is 607. The summed E-state index contributed by atoms with van der Waals surface area (Å²) in [7, 11) is 0. The van der Waals surface area contributed by atoms with Crippen molar-refractivity contribution in [1.29, 1.82) is 0 Å². The van der Waals surface area contributed by atoms with E-state index in [1.165, 1.54) is 0 Å². The normalized spacial score (nSPS) is 10.6. The summed E-state index contributed by atoms with van der Waals surface area (Å²) in [5.41, 5.74) is 2.00. The Hall–Kier alpha value is -1.26. The molecule has 0 radical (unpaired) electrons. The van der Waals surface area contributed by atoms with Crippen molar-refractivity contribution in [2.75, 3.05) is 0 Å². The number of aromatic nitrogens is 1. The van der Waals surface area contributed by atoms with Gasteiger partial charge in [-0.15, -0.1) is 0 Å². The molecule has 3 nitrogen and oxygen atoms in total. The van der Waals surface area contributed by atoms with Gasteiger partial charge in [-0.2, -0.15) is 0 Å². The SMILES string of the molecule is Cc1c(C(=O)O)ccn1Cc1ccc(Br)cc1Cl. The summed E-state index contributed by atoms with van der Waals surface area (Å²) < 4.78 is 2.80. The molecule has 0 saturated heterocycles. The number of rotatable bonds is 3. The van der Waals surface area contributed by atoms with Gasteiger partial charge in [0.1, 0.15) is 0 Å². The molecule has 0 aliphatic carbocycles. The van der Waals surface area contributed by atoms with Crippen LogP contribution in [0.4, 0.5) is 0 Å². The van der Waals surface area contributed by atoms with E-state index in [-0.39, 0.29) is 0 Å². The van der Waals surface area contributed by atoms with Gasteiger partial charge in [0.05, 0.1) is 5.56 Å². The Morgan fingerprint density at radius 3 is 2.72 bits per heavy atom. The topological polar surface area (TPSA) is 42.2 Å². The number of hydrogen-bond acceptors (Lipinski definition) is 1. The zero-order valence-corrected chi connectivity index (χ0v) is 12.0. The van der Waals surface area contributed by atoms with E-state index in [0.717, 1.165) is 15.7 Å². The molecule has 0 bridgehead atoms. The Morgan fingerprint density at radius 2 is 2.17 bits per heavy atom. The molecule has 0 fully saturated rings. The number of carboxylic acids is 1. The van der Waals surface area contributed by atoms with E-state index in [1.807, 2.05) is 22.8 Å². The van der Waals surface area contributed by atoms with Crippen LogP contribution in [0.2, 0.25) is 5.02 Å². The Balaban J connectivity index is 2.32. The van der Waals surface area contributed by atoms with Crippen LogP contribution in [0.5, 0.6) is 0 Å². The summed E-state index contributed by atoms with van der Waals surface area (Å²) in [5.74, 6) is -0.909. The van der Waals surface area contributed by atoms with E-state index in [0.29, 0.717) is 17.1 Å². The van der Waals surface area contributed by atoms with E-state index in [2.05, 4.69) is 15.9 Å². The Morgan fingerprint density at radius 1 is 1.44 bits per heavy atom. The highest BCUT2D eigenvalue weighted by molar-refractivity contribution is 9.10. The molecular formula is C13H11BrClNO2. The molecule has 1 aromatic heterocycles. The first-order valence-corrected chi connectivity index (χ1v) is 6.49. The van der Waals surface area contributed by atoms with Crippen LogP contribution < -0.4 is 0 Å². The summed E-state index contributed by atoms with van der Waals surface area (Å²) >= 11 is 9.49. The van der Waals surface area contributed by atoms with Crippen LogP contribution >= 0.6 is 27.5 Å². The van der Waals surface area contributed by atoms with Crippen LogP contribution in [0.15, 0.2) is 34.9 Å². The van der Waals surface area contributed by atoms with Crippen molar-refractivity contribution in [3.8, 4) is 0 Å². The first kappa shape index (κ1) is 13.2. The van der Waals surface area contributed by atoms with Gasteiger partial charge in [-0.05, 0) is 30.7 Å². The highest BCUT2D eigenvalue weighted by Crippen LogP contribution is 2.23. The average molecular weight is 329 g/mol. The van der Waals surface area contributed by atoms with Crippen molar-refractivity contribution >= 4 is 33.5 Å². The fourth-order valence-corrected chi connectivity index (χ4v) is 2.52. The van der Waals surface area contributed by atoms with Gasteiger partial charge in [-0.25, -0.2) is 4.79 Å². The predicted molar refractivity (Wildman–Crippen MR) is 74.4 cm³/mol. The second-order valence-corrected chi connectivity index (χ2v) is 5.31. The first-order chi connectivity index (χ1) is 8.49. The lowest BCUT2D eigenvalue weighted by atomic mass is 10.2. The fraction of sp³-hybridized carbons (Fsp3) is 0.154. The minimum absolute atomic E-state index is 0.322. The minimum Gasteiger partial charge on any atom is -0.478 e. The van der Waals surface area contributed by atoms with Crippen LogP contribution in [0.3, 0.4) is 0 Å². The molecule has 1 heterocycles. The van der Waals surface area contributed by atoms with Gasteiger partial charge in [0.2, 0.25) is 0 Å². The highest BCUT2D eigenvalue weighted by Gasteiger charge is 2.12. The third-order valence-corrected chi connectivity index (χ3v) is 3.67. The summed E-state index contributed by atoms with van der Waals surface area (Å²) in [6, 6.07) is 7.27. The van der Waals surface area contributed by atoms with Crippen LogP contribution in [0.25, 0.3) is 0 Å². The zero-order chi connectivity index (χ0) is 13.3. The molecular weight excluding hydrogens is 318 g/mol. The van der Waals surface area contributed by atoms with Crippen molar-refractivity contribution in [2.24, 2.45) is 0 Å². The van der Waals surface area contributed by atoms with Gasteiger partial charge in [-0.1, -0.05) is 33.6 Å². The molecule has 0 aliphatic heterocycles.